The van der Waals surface area contributed by atoms with Crippen LogP contribution in [0.25, 0.3) is 0 Å². The van der Waals surface area contributed by atoms with Crippen molar-refractivity contribution < 1.29 is 14.3 Å². The van der Waals surface area contributed by atoms with Crippen LogP contribution >= 0.6 is 11.3 Å². The van der Waals surface area contributed by atoms with Crippen LogP contribution in [0, 0.1) is 5.92 Å². The number of benzene rings is 1. The van der Waals surface area contributed by atoms with Gasteiger partial charge in [0.25, 0.3) is 0 Å². The van der Waals surface area contributed by atoms with Crippen LogP contribution in [0.1, 0.15) is 23.3 Å². The van der Waals surface area contributed by atoms with Crippen molar-refractivity contribution >= 4 is 17.2 Å². The van der Waals surface area contributed by atoms with E-state index in [9.17, 15) is 4.79 Å². The molecule has 2 heterocycles. The molecule has 1 aliphatic heterocycles. The molecule has 2 aromatic rings. The molecule has 0 aliphatic carbocycles. The van der Waals surface area contributed by atoms with Crippen molar-refractivity contribution in [2.24, 2.45) is 5.92 Å². The highest BCUT2D eigenvalue weighted by Gasteiger charge is 2.23. The van der Waals surface area contributed by atoms with E-state index in [4.69, 9.17) is 9.47 Å². The summed E-state index contributed by atoms with van der Waals surface area (Å²) in [5.74, 6) is 2.42. The van der Waals surface area contributed by atoms with Crippen molar-refractivity contribution in [3.05, 3.63) is 46.2 Å². The molecule has 3 rings (SSSR count). The molecule has 1 aliphatic rings. The zero-order valence-electron chi connectivity index (χ0n) is 14.9. The van der Waals surface area contributed by atoms with E-state index in [2.05, 4.69) is 12.1 Å². The Labute approximate surface area is 153 Å². The lowest BCUT2D eigenvalue weighted by Gasteiger charge is -2.32. The molecule has 0 saturated carbocycles. The highest BCUT2D eigenvalue weighted by molar-refractivity contribution is 7.10. The van der Waals surface area contributed by atoms with Crippen LogP contribution < -0.4 is 9.47 Å². The minimum absolute atomic E-state index is 0.256. The Hall–Kier alpha value is -2.01. The smallest absolute Gasteiger partial charge is 0.227 e. The third kappa shape index (κ3) is 4.54. The van der Waals surface area contributed by atoms with Crippen molar-refractivity contribution in [1.29, 1.82) is 0 Å². The number of methoxy groups -OCH3 is 2. The first kappa shape index (κ1) is 17.8. The van der Waals surface area contributed by atoms with Crippen molar-refractivity contribution in [2.75, 3.05) is 27.3 Å². The van der Waals surface area contributed by atoms with Crippen LogP contribution in [-0.2, 0) is 17.6 Å². The Bertz CT molecular complexity index is 691. The maximum Gasteiger partial charge on any atom is 0.227 e. The summed E-state index contributed by atoms with van der Waals surface area (Å²) < 4.78 is 10.7. The lowest BCUT2D eigenvalue weighted by Crippen LogP contribution is -2.39. The molecule has 0 bridgehead atoms. The van der Waals surface area contributed by atoms with Gasteiger partial charge in [-0.3, -0.25) is 4.79 Å². The minimum Gasteiger partial charge on any atom is -0.493 e. The fraction of sp³-hybridized carbons (Fsp3) is 0.450. The van der Waals surface area contributed by atoms with E-state index in [1.165, 1.54) is 5.56 Å². The SMILES string of the molecule is COc1ccc(CC2CCN(C(=O)Cc3cccs3)CC2)cc1OC. The second kappa shape index (κ2) is 8.39. The average Bonchev–Trinajstić information content (AvgIpc) is 3.15. The van der Waals surface area contributed by atoms with E-state index >= 15 is 0 Å². The number of rotatable bonds is 6. The molecule has 0 radical (unpaired) electrons. The molecule has 4 nitrogen and oxygen atoms in total. The quantitative estimate of drug-likeness (QED) is 0.788. The fourth-order valence-corrected chi connectivity index (χ4v) is 4.10. The van der Waals surface area contributed by atoms with Gasteiger partial charge >= 0.3 is 0 Å². The standard InChI is InChI=1S/C20H25NO3S/c1-23-18-6-5-16(13-19(18)24-2)12-15-7-9-21(10-8-15)20(22)14-17-4-3-11-25-17/h3-6,11,13,15H,7-10,12,14H2,1-2H3. The Morgan fingerprint density at radius 2 is 1.92 bits per heavy atom. The van der Waals surface area contributed by atoms with E-state index in [-0.39, 0.29) is 5.91 Å². The number of amides is 1. The molecule has 1 fully saturated rings. The molecule has 25 heavy (non-hydrogen) atoms. The lowest BCUT2D eigenvalue weighted by molar-refractivity contribution is -0.131. The molecule has 0 spiro atoms. The zero-order chi connectivity index (χ0) is 17.6. The number of likely N-dealkylation sites (tertiary alicyclic amines) is 1. The van der Waals surface area contributed by atoms with E-state index in [1.54, 1.807) is 25.6 Å². The van der Waals surface area contributed by atoms with E-state index in [0.717, 1.165) is 48.7 Å². The van der Waals surface area contributed by atoms with E-state index in [0.29, 0.717) is 12.3 Å². The topological polar surface area (TPSA) is 38.8 Å². The molecular formula is C20H25NO3S. The molecular weight excluding hydrogens is 334 g/mol. The summed E-state index contributed by atoms with van der Waals surface area (Å²) in [5, 5.41) is 2.03. The summed E-state index contributed by atoms with van der Waals surface area (Å²) in [6, 6.07) is 10.2. The van der Waals surface area contributed by atoms with Crippen LogP contribution in [0.2, 0.25) is 0 Å². The molecule has 0 atom stereocenters. The first-order valence-corrected chi connectivity index (χ1v) is 9.58. The van der Waals surface area contributed by atoms with Gasteiger partial charge in [0.2, 0.25) is 5.91 Å². The van der Waals surface area contributed by atoms with Crippen LogP contribution in [0.5, 0.6) is 11.5 Å². The van der Waals surface area contributed by atoms with E-state index in [1.807, 2.05) is 28.5 Å². The molecule has 0 unspecified atom stereocenters. The zero-order valence-corrected chi connectivity index (χ0v) is 15.7. The molecule has 1 amide bonds. The number of hydrogen-bond acceptors (Lipinski definition) is 4. The number of piperidine rings is 1. The second-order valence-electron chi connectivity index (χ2n) is 6.47. The normalized spacial score (nSPS) is 15.2. The number of thiophene rings is 1. The highest BCUT2D eigenvalue weighted by atomic mass is 32.1. The van der Waals surface area contributed by atoms with Crippen molar-refractivity contribution in [1.82, 2.24) is 4.90 Å². The first-order valence-electron chi connectivity index (χ1n) is 8.70. The second-order valence-corrected chi connectivity index (χ2v) is 7.51. The summed E-state index contributed by atoms with van der Waals surface area (Å²) in [6.07, 6.45) is 3.68. The summed E-state index contributed by atoms with van der Waals surface area (Å²) in [5.41, 5.74) is 1.26. The molecule has 0 N–H and O–H groups in total. The lowest BCUT2D eigenvalue weighted by atomic mass is 9.90. The van der Waals surface area contributed by atoms with Gasteiger partial charge in [0.1, 0.15) is 0 Å². The Balaban J connectivity index is 1.51. The van der Waals surface area contributed by atoms with Gasteiger partial charge in [-0.25, -0.2) is 0 Å². The van der Waals surface area contributed by atoms with Gasteiger partial charge in [-0.05, 0) is 54.3 Å². The monoisotopic (exact) mass is 359 g/mol. The van der Waals surface area contributed by atoms with Gasteiger partial charge < -0.3 is 14.4 Å². The molecule has 5 heteroatoms. The predicted molar refractivity (Wildman–Crippen MR) is 101 cm³/mol. The number of hydrogen-bond donors (Lipinski definition) is 0. The van der Waals surface area contributed by atoms with Crippen molar-refractivity contribution in [3.63, 3.8) is 0 Å². The van der Waals surface area contributed by atoms with Crippen molar-refractivity contribution in [2.45, 2.75) is 25.7 Å². The summed E-state index contributed by atoms with van der Waals surface area (Å²) in [6.45, 7) is 1.73. The van der Waals surface area contributed by atoms with Crippen LogP contribution in [-0.4, -0.2) is 38.1 Å². The number of nitrogens with zero attached hydrogens (tertiary/aromatic N) is 1. The van der Waals surface area contributed by atoms with Gasteiger partial charge in [-0.15, -0.1) is 11.3 Å². The average molecular weight is 359 g/mol. The maximum absolute atomic E-state index is 12.4. The minimum atomic E-state index is 0.256. The third-order valence-corrected chi connectivity index (χ3v) is 5.72. The fourth-order valence-electron chi connectivity index (χ4n) is 3.40. The molecule has 1 aromatic heterocycles. The predicted octanol–water partition coefficient (Wildman–Crippen LogP) is 3.79. The summed E-state index contributed by atoms with van der Waals surface area (Å²) in [7, 11) is 3.32. The molecule has 1 aromatic carbocycles. The molecule has 134 valence electrons. The number of ether oxygens (including phenoxy) is 2. The van der Waals surface area contributed by atoms with Crippen molar-refractivity contribution in [3.8, 4) is 11.5 Å². The van der Waals surface area contributed by atoms with Gasteiger partial charge in [-0.1, -0.05) is 12.1 Å². The van der Waals surface area contributed by atoms with Crippen LogP contribution in [0.4, 0.5) is 0 Å². The summed E-state index contributed by atoms with van der Waals surface area (Å²) >= 11 is 1.65. The first-order chi connectivity index (χ1) is 12.2. The molecule has 1 saturated heterocycles. The Kier molecular flexibility index (Phi) is 5.97. The van der Waals surface area contributed by atoms with E-state index < -0.39 is 0 Å². The maximum atomic E-state index is 12.4. The largest absolute Gasteiger partial charge is 0.493 e. The van der Waals surface area contributed by atoms with Gasteiger partial charge in [0, 0.05) is 18.0 Å². The summed E-state index contributed by atoms with van der Waals surface area (Å²) in [4.78, 5) is 15.6. The van der Waals surface area contributed by atoms with Gasteiger partial charge in [0.15, 0.2) is 11.5 Å². The Morgan fingerprint density at radius 1 is 1.16 bits per heavy atom. The Morgan fingerprint density at radius 3 is 2.56 bits per heavy atom. The highest BCUT2D eigenvalue weighted by Crippen LogP contribution is 2.30. The van der Waals surface area contributed by atoms with Crippen LogP contribution in [0.15, 0.2) is 35.7 Å². The third-order valence-electron chi connectivity index (χ3n) is 4.85. The van der Waals surface area contributed by atoms with Gasteiger partial charge in [-0.2, -0.15) is 0 Å². The number of carbonyl (C=O) groups is 1. The number of carbonyl (C=O) groups excluding carboxylic acids is 1. The van der Waals surface area contributed by atoms with Gasteiger partial charge in [0.05, 0.1) is 20.6 Å². The van der Waals surface area contributed by atoms with Crippen LogP contribution in [0.3, 0.4) is 0 Å².